The summed E-state index contributed by atoms with van der Waals surface area (Å²) in [5, 5.41) is 23.1. The van der Waals surface area contributed by atoms with E-state index in [9.17, 15) is 24.3 Å². The Morgan fingerprint density at radius 1 is 1.41 bits per heavy atom. The Morgan fingerprint density at radius 3 is 2.72 bits per heavy atom. The van der Waals surface area contributed by atoms with E-state index in [4.69, 9.17) is 10.8 Å². The first-order valence-electron chi connectivity index (χ1n) is 9.22. The van der Waals surface area contributed by atoms with Crippen molar-refractivity contribution in [2.24, 2.45) is 5.73 Å². The number of hydrogen-bond acceptors (Lipinski definition) is 7. The van der Waals surface area contributed by atoms with Crippen LogP contribution in [0.5, 0.6) is 0 Å². The molecule has 0 aromatic carbocycles. The Hall–Kier alpha value is -2.99. The van der Waals surface area contributed by atoms with Crippen molar-refractivity contribution in [3.05, 3.63) is 18.2 Å². The number of aliphatic hydroxyl groups excluding tert-OH is 1. The number of nitrogens with zero attached hydrogens (tertiary/aromatic N) is 2. The Labute approximate surface area is 166 Å². The van der Waals surface area contributed by atoms with Crippen LogP contribution in [0.4, 0.5) is 0 Å². The molecule has 0 aliphatic carbocycles. The van der Waals surface area contributed by atoms with Crippen molar-refractivity contribution >= 4 is 23.7 Å². The van der Waals surface area contributed by atoms with Crippen molar-refractivity contribution in [2.45, 2.75) is 50.4 Å². The van der Waals surface area contributed by atoms with Crippen molar-refractivity contribution in [1.82, 2.24) is 25.5 Å². The number of aromatic nitrogens is 2. The molecular formula is C17H26N6O6. The molecule has 0 spiro atoms. The van der Waals surface area contributed by atoms with Gasteiger partial charge in [0, 0.05) is 24.9 Å². The molecule has 1 aromatic heterocycles. The van der Waals surface area contributed by atoms with Crippen LogP contribution < -0.4 is 16.4 Å². The van der Waals surface area contributed by atoms with Crippen LogP contribution in [0.15, 0.2) is 12.5 Å². The SMILES string of the molecule is CC(O)C(N)C(=O)N1CCCC1C(=O)NC(Cc1cnc[nH]1)C(=O)NCC(=O)O. The average Bonchev–Trinajstić information content (AvgIpc) is 3.35. The largest absolute Gasteiger partial charge is 0.480 e. The smallest absolute Gasteiger partial charge is 0.322 e. The normalized spacial score (nSPS) is 19.3. The van der Waals surface area contributed by atoms with E-state index >= 15 is 0 Å². The van der Waals surface area contributed by atoms with E-state index in [2.05, 4.69) is 20.6 Å². The highest BCUT2D eigenvalue weighted by atomic mass is 16.4. The zero-order valence-corrected chi connectivity index (χ0v) is 16.0. The number of carbonyl (C=O) groups excluding carboxylic acids is 3. The summed E-state index contributed by atoms with van der Waals surface area (Å²) in [6.45, 7) is 1.11. The Kier molecular flexibility index (Phi) is 7.67. The van der Waals surface area contributed by atoms with Crippen LogP contribution >= 0.6 is 0 Å². The highest BCUT2D eigenvalue weighted by Crippen LogP contribution is 2.19. The van der Waals surface area contributed by atoms with Crippen LogP contribution in [0.25, 0.3) is 0 Å². The molecule has 4 atom stereocenters. The standard InChI is InChI=1S/C17H26N6O6/c1-9(24)14(18)17(29)23-4-2-3-12(23)16(28)22-11(5-10-6-19-8-21-10)15(27)20-7-13(25)26/h6,8-9,11-12,14,24H,2-5,7,18H2,1H3,(H,19,21)(H,20,27)(H,22,28)(H,25,26). The summed E-state index contributed by atoms with van der Waals surface area (Å²) in [5.41, 5.74) is 6.27. The molecule has 4 unspecified atom stereocenters. The van der Waals surface area contributed by atoms with Crippen LogP contribution in [0.1, 0.15) is 25.5 Å². The summed E-state index contributed by atoms with van der Waals surface area (Å²) in [6.07, 6.45) is 2.85. The topological polar surface area (TPSA) is 191 Å². The predicted molar refractivity (Wildman–Crippen MR) is 99.3 cm³/mol. The van der Waals surface area contributed by atoms with E-state index in [0.29, 0.717) is 25.1 Å². The third-order valence-corrected chi connectivity index (χ3v) is 4.67. The van der Waals surface area contributed by atoms with Crippen molar-refractivity contribution in [3.63, 3.8) is 0 Å². The summed E-state index contributed by atoms with van der Waals surface area (Å²) in [4.78, 5) is 56.3. The first-order valence-corrected chi connectivity index (χ1v) is 9.22. The molecule has 0 radical (unpaired) electrons. The zero-order chi connectivity index (χ0) is 21.6. The zero-order valence-electron chi connectivity index (χ0n) is 16.0. The number of aliphatic carboxylic acids is 1. The Balaban J connectivity index is 2.09. The lowest BCUT2D eigenvalue weighted by Gasteiger charge is -2.29. The minimum Gasteiger partial charge on any atom is -0.480 e. The van der Waals surface area contributed by atoms with Gasteiger partial charge in [-0.1, -0.05) is 0 Å². The molecule has 1 aromatic rings. The lowest BCUT2D eigenvalue weighted by Crippen LogP contribution is -2.57. The van der Waals surface area contributed by atoms with Crippen LogP contribution in [0.2, 0.25) is 0 Å². The van der Waals surface area contributed by atoms with E-state index in [1.54, 1.807) is 0 Å². The van der Waals surface area contributed by atoms with Gasteiger partial charge in [-0.05, 0) is 19.8 Å². The number of likely N-dealkylation sites (tertiary alicyclic amines) is 1. The summed E-state index contributed by atoms with van der Waals surface area (Å²) < 4.78 is 0. The third-order valence-electron chi connectivity index (χ3n) is 4.67. The quantitative estimate of drug-likeness (QED) is 0.254. The van der Waals surface area contributed by atoms with Gasteiger partial charge in [0.05, 0.1) is 12.4 Å². The number of aliphatic hydroxyl groups is 1. The van der Waals surface area contributed by atoms with E-state index in [1.807, 2.05) is 0 Å². The fourth-order valence-corrected chi connectivity index (χ4v) is 3.08. The minimum atomic E-state index is -1.22. The maximum Gasteiger partial charge on any atom is 0.322 e. The minimum absolute atomic E-state index is 0.0606. The van der Waals surface area contributed by atoms with Gasteiger partial charge in [0.2, 0.25) is 17.7 Å². The summed E-state index contributed by atoms with van der Waals surface area (Å²) in [7, 11) is 0. The molecule has 3 amide bonds. The third kappa shape index (κ3) is 5.99. The number of rotatable bonds is 9. The molecule has 1 fully saturated rings. The molecule has 2 heterocycles. The second kappa shape index (κ2) is 9.98. The highest BCUT2D eigenvalue weighted by Gasteiger charge is 2.38. The number of aromatic amines is 1. The maximum absolute atomic E-state index is 12.8. The second-order valence-electron chi connectivity index (χ2n) is 6.91. The summed E-state index contributed by atoms with van der Waals surface area (Å²) >= 11 is 0. The van der Waals surface area contributed by atoms with E-state index < -0.39 is 54.5 Å². The first-order chi connectivity index (χ1) is 13.7. The maximum atomic E-state index is 12.8. The molecule has 160 valence electrons. The van der Waals surface area contributed by atoms with Gasteiger partial charge in [-0.2, -0.15) is 0 Å². The number of hydrogen-bond donors (Lipinski definition) is 6. The molecule has 12 nitrogen and oxygen atoms in total. The van der Waals surface area contributed by atoms with Gasteiger partial charge in [0.1, 0.15) is 24.7 Å². The lowest BCUT2D eigenvalue weighted by molar-refractivity contribution is -0.142. The van der Waals surface area contributed by atoms with Gasteiger partial charge in [-0.25, -0.2) is 4.98 Å². The fourth-order valence-electron chi connectivity index (χ4n) is 3.08. The molecule has 1 aliphatic rings. The molecule has 0 bridgehead atoms. The van der Waals surface area contributed by atoms with Crippen molar-refractivity contribution in [2.75, 3.05) is 13.1 Å². The first kappa shape index (κ1) is 22.3. The van der Waals surface area contributed by atoms with Gasteiger partial charge in [-0.15, -0.1) is 0 Å². The van der Waals surface area contributed by atoms with Crippen LogP contribution in [0, 0.1) is 0 Å². The van der Waals surface area contributed by atoms with Gasteiger partial charge in [-0.3, -0.25) is 19.2 Å². The number of H-pyrrole nitrogens is 1. The van der Waals surface area contributed by atoms with Gasteiger partial charge in [0.15, 0.2) is 0 Å². The Bertz CT molecular complexity index is 737. The monoisotopic (exact) mass is 410 g/mol. The number of carboxylic acid groups (broad SMARTS) is 1. The predicted octanol–water partition coefficient (Wildman–Crippen LogP) is -2.66. The molecule has 12 heteroatoms. The highest BCUT2D eigenvalue weighted by molar-refractivity contribution is 5.94. The molecule has 2 rings (SSSR count). The van der Waals surface area contributed by atoms with Crippen LogP contribution in [-0.2, 0) is 25.6 Å². The van der Waals surface area contributed by atoms with E-state index in [1.165, 1.54) is 24.3 Å². The van der Waals surface area contributed by atoms with Crippen LogP contribution in [0.3, 0.4) is 0 Å². The van der Waals surface area contributed by atoms with Crippen molar-refractivity contribution in [1.29, 1.82) is 0 Å². The van der Waals surface area contributed by atoms with Crippen molar-refractivity contribution in [3.8, 4) is 0 Å². The van der Waals surface area contributed by atoms with E-state index in [-0.39, 0.29) is 6.42 Å². The molecular weight excluding hydrogens is 384 g/mol. The number of nitrogens with two attached hydrogens (primary N) is 1. The van der Waals surface area contributed by atoms with Gasteiger partial charge >= 0.3 is 5.97 Å². The molecule has 0 saturated carbocycles. The number of carbonyl (C=O) groups is 4. The summed E-state index contributed by atoms with van der Waals surface area (Å²) in [6, 6.07) is -3.04. The van der Waals surface area contributed by atoms with Crippen LogP contribution in [-0.4, -0.2) is 86.1 Å². The lowest BCUT2D eigenvalue weighted by atomic mass is 10.1. The summed E-state index contributed by atoms with van der Waals surface area (Å²) in [5.74, 6) is -2.99. The molecule has 1 aliphatic heterocycles. The molecule has 7 N–H and O–H groups in total. The Morgan fingerprint density at radius 2 is 2.14 bits per heavy atom. The second-order valence-corrected chi connectivity index (χ2v) is 6.91. The number of imidazole rings is 1. The average molecular weight is 410 g/mol. The number of carboxylic acids is 1. The number of amides is 3. The molecule has 1 saturated heterocycles. The van der Waals surface area contributed by atoms with Crippen molar-refractivity contribution < 1.29 is 29.4 Å². The fraction of sp³-hybridized carbons (Fsp3) is 0.588. The van der Waals surface area contributed by atoms with E-state index in [0.717, 1.165) is 0 Å². The van der Waals surface area contributed by atoms with Gasteiger partial charge < -0.3 is 36.5 Å². The molecule has 29 heavy (non-hydrogen) atoms. The van der Waals surface area contributed by atoms with Gasteiger partial charge in [0.25, 0.3) is 0 Å². The number of nitrogens with one attached hydrogen (secondary N) is 3.